The number of carbonyl (C=O) groups is 2. The minimum absolute atomic E-state index is 0.0368. The number of hydrogen-bond donors (Lipinski definition) is 2. The fourth-order valence-corrected chi connectivity index (χ4v) is 6.64. The Balaban J connectivity index is 1.40. The number of benzene rings is 3. The van der Waals surface area contributed by atoms with Crippen molar-refractivity contribution in [2.75, 3.05) is 61.9 Å². The molecule has 3 aromatic carbocycles. The third kappa shape index (κ3) is 9.32. The molecule has 0 saturated carbocycles. The molecular formula is C40H50ClN7O4. The number of nitrogens with one attached hydrogen (secondary N) is 2. The molecule has 5 rings (SSSR count). The number of anilines is 4. The van der Waals surface area contributed by atoms with Gasteiger partial charge in [-0.15, -0.1) is 0 Å². The van der Waals surface area contributed by atoms with E-state index in [0.717, 1.165) is 48.6 Å². The molecule has 2 amide bonds. The molecule has 12 heteroatoms. The first-order chi connectivity index (χ1) is 25.0. The number of halogens is 1. The second-order valence-electron chi connectivity index (χ2n) is 13.2. The molecular weight excluding hydrogens is 678 g/mol. The van der Waals surface area contributed by atoms with Crippen molar-refractivity contribution in [3.05, 3.63) is 88.1 Å². The number of ether oxygens (including phenoxy) is 2. The van der Waals surface area contributed by atoms with E-state index in [1.54, 1.807) is 13.2 Å². The zero-order chi connectivity index (χ0) is 37.4. The molecule has 0 unspecified atom stereocenters. The largest absolute Gasteiger partial charge is 0.493 e. The van der Waals surface area contributed by atoms with Crippen LogP contribution in [-0.4, -0.2) is 84.0 Å². The first-order valence-corrected chi connectivity index (χ1v) is 18.3. The Morgan fingerprint density at radius 1 is 0.962 bits per heavy atom. The van der Waals surface area contributed by atoms with Gasteiger partial charge in [-0.25, -0.2) is 4.98 Å². The van der Waals surface area contributed by atoms with Crippen LogP contribution in [0.3, 0.4) is 0 Å². The zero-order valence-electron chi connectivity index (χ0n) is 31.3. The molecule has 1 fully saturated rings. The van der Waals surface area contributed by atoms with E-state index < -0.39 is 5.91 Å². The van der Waals surface area contributed by atoms with E-state index in [9.17, 15) is 9.59 Å². The Morgan fingerprint density at radius 3 is 2.31 bits per heavy atom. The average molecular weight is 728 g/mol. The molecule has 52 heavy (non-hydrogen) atoms. The zero-order valence-corrected chi connectivity index (χ0v) is 32.0. The van der Waals surface area contributed by atoms with Gasteiger partial charge >= 0.3 is 0 Å². The first-order valence-electron chi connectivity index (χ1n) is 17.9. The molecule has 0 radical (unpaired) electrons. The van der Waals surface area contributed by atoms with Crippen LogP contribution in [0.4, 0.5) is 23.0 Å². The van der Waals surface area contributed by atoms with Crippen molar-refractivity contribution in [1.82, 2.24) is 19.8 Å². The van der Waals surface area contributed by atoms with Gasteiger partial charge < -0.3 is 29.9 Å². The van der Waals surface area contributed by atoms with E-state index >= 15 is 0 Å². The summed E-state index contributed by atoms with van der Waals surface area (Å²) in [7, 11) is 1.55. The van der Waals surface area contributed by atoms with Gasteiger partial charge in [0.1, 0.15) is 5.56 Å². The highest BCUT2D eigenvalue weighted by molar-refractivity contribution is 6.33. The molecule has 1 aliphatic heterocycles. The molecule has 0 spiro atoms. The molecule has 1 saturated heterocycles. The lowest BCUT2D eigenvalue weighted by atomic mass is 10.1. The van der Waals surface area contributed by atoms with Crippen LogP contribution < -0.4 is 25.0 Å². The van der Waals surface area contributed by atoms with Crippen molar-refractivity contribution in [3.8, 4) is 17.4 Å². The van der Waals surface area contributed by atoms with E-state index in [-0.39, 0.29) is 23.3 Å². The predicted molar refractivity (Wildman–Crippen MR) is 209 cm³/mol. The summed E-state index contributed by atoms with van der Waals surface area (Å²) in [6, 6.07) is 17.6. The van der Waals surface area contributed by atoms with Gasteiger partial charge in [0, 0.05) is 69.3 Å². The maximum atomic E-state index is 13.8. The lowest BCUT2D eigenvalue weighted by Gasteiger charge is -2.38. The summed E-state index contributed by atoms with van der Waals surface area (Å²) in [5.41, 5.74) is 5.29. The normalized spacial score (nSPS) is 13.2. The number of nitrogens with zero attached hydrogens (tertiary/aromatic N) is 5. The molecule has 0 atom stereocenters. The number of carbonyl (C=O) groups excluding carboxylic acids is 2. The minimum atomic E-state index is -0.422. The Kier molecular flexibility index (Phi) is 13.0. The average Bonchev–Trinajstić information content (AvgIpc) is 3.13. The molecule has 4 aromatic rings. The predicted octanol–water partition coefficient (Wildman–Crippen LogP) is 7.88. The number of aromatic nitrogens is 2. The molecule has 276 valence electrons. The summed E-state index contributed by atoms with van der Waals surface area (Å²) in [5.74, 6) is 0.739. The Morgan fingerprint density at radius 2 is 1.67 bits per heavy atom. The van der Waals surface area contributed by atoms with E-state index in [4.69, 9.17) is 21.1 Å². The van der Waals surface area contributed by atoms with Crippen LogP contribution in [0.25, 0.3) is 0 Å². The van der Waals surface area contributed by atoms with Crippen molar-refractivity contribution in [2.24, 2.45) is 0 Å². The highest BCUT2D eigenvalue weighted by Gasteiger charge is 2.23. The van der Waals surface area contributed by atoms with Gasteiger partial charge in [0.2, 0.25) is 17.7 Å². The van der Waals surface area contributed by atoms with Crippen LogP contribution in [0.15, 0.2) is 60.8 Å². The van der Waals surface area contributed by atoms with Crippen molar-refractivity contribution in [2.45, 2.75) is 60.4 Å². The highest BCUT2D eigenvalue weighted by Crippen LogP contribution is 2.35. The third-order valence-electron chi connectivity index (χ3n) is 9.49. The van der Waals surface area contributed by atoms with Gasteiger partial charge in [-0.3, -0.25) is 14.5 Å². The van der Waals surface area contributed by atoms with Crippen LogP contribution in [0.5, 0.6) is 17.4 Å². The van der Waals surface area contributed by atoms with Crippen molar-refractivity contribution < 1.29 is 19.1 Å². The van der Waals surface area contributed by atoms with Gasteiger partial charge in [0.05, 0.1) is 17.8 Å². The first kappa shape index (κ1) is 38.4. The lowest BCUT2D eigenvalue weighted by Crippen LogP contribution is -2.49. The van der Waals surface area contributed by atoms with Gasteiger partial charge in [0.25, 0.3) is 5.91 Å². The molecule has 0 aliphatic carbocycles. The lowest BCUT2D eigenvalue weighted by molar-refractivity contribution is -0.130. The van der Waals surface area contributed by atoms with Crippen molar-refractivity contribution in [3.63, 3.8) is 0 Å². The summed E-state index contributed by atoms with van der Waals surface area (Å²) >= 11 is 6.80. The number of methoxy groups -OCH3 is 1. The Labute approximate surface area is 312 Å². The SMILES string of the molecule is CCN(CC)C(=O)CCc1ccc(Oc2nc(Nc3ccc(N4CCN(C(C)C)CC4)c(Cl)c3)ncc2C(=O)Nc2c(C)cccc2C)c(OC)c1. The molecule has 2 N–H and O–H groups in total. The number of rotatable bonds is 14. The fourth-order valence-electron chi connectivity index (χ4n) is 6.34. The van der Waals surface area contributed by atoms with Crippen molar-refractivity contribution >= 4 is 46.4 Å². The maximum Gasteiger partial charge on any atom is 0.262 e. The number of hydrogen-bond acceptors (Lipinski definition) is 9. The molecule has 1 aliphatic rings. The van der Waals surface area contributed by atoms with Gasteiger partial charge in [-0.2, -0.15) is 4.98 Å². The van der Waals surface area contributed by atoms with Gasteiger partial charge in [-0.05, 0) is 95.0 Å². The van der Waals surface area contributed by atoms with Crippen LogP contribution in [0.2, 0.25) is 5.02 Å². The van der Waals surface area contributed by atoms with E-state index in [0.29, 0.717) is 59.9 Å². The Bertz CT molecular complexity index is 1850. The minimum Gasteiger partial charge on any atom is -0.493 e. The van der Waals surface area contributed by atoms with Crippen LogP contribution in [0, 0.1) is 13.8 Å². The standard InChI is InChI=1S/C40H50ClN7O4/c1-8-46(9-2)36(49)18-14-29-13-17-34(35(23-29)51-7)52-39-31(38(50)44-37-27(5)11-10-12-28(37)6)25-42-40(45-39)43-30-15-16-33(32(41)24-30)48-21-19-47(20-22-48)26(3)4/h10-13,15-17,23-26H,8-9,14,18-22H2,1-7H3,(H,44,50)(H,42,43,45). The van der Waals surface area contributed by atoms with Crippen LogP contribution in [0.1, 0.15) is 61.2 Å². The van der Waals surface area contributed by atoms with Crippen LogP contribution in [-0.2, 0) is 11.2 Å². The molecule has 2 heterocycles. The quantitative estimate of drug-likeness (QED) is 0.134. The fraction of sp³-hybridized carbons (Fsp3) is 0.400. The van der Waals surface area contributed by atoms with Crippen molar-refractivity contribution in [1.29, 1.82) is 0 Å². The topological polar surface area (TPSA) is 112 Å². The van der Waals surface area contributed by atoms with E-state index in [1.165, 1.54) is 6.20 Å². The monoisotopic (exact) mass is 727 g/mol. The number of amides is 2. The summed E-state index contributed by atoms with van der Waals surface area (Å²) in [6.45, 7) is 17.4. The second-order valence-corrected chi connectivity index (χ2v) is 13.6. The summed E-state index contributed by atoms with van der Waals surface area (Å²) in [5, 5.41) is 6.86. The van der Waals surface area contributed by atoms with E-state index in [2.05, 4.69) is 44.2 Å². The highest BCUT2D eigenvalue weighted by atomic mass is 35.5. The molecule has 11 nitrogen and oxygen atoms in total. The Hall–Kier alpha value is -4.87. The third-order valence-corrected chi connectivity index (χ3v) is 9.79. The number of aryl methyl sites for hydroxylation is 3. The van der Waals surface area contributed by atoms with Gasteiger partial charge in [-0.1, -0.05) is 35.9 Å². The smallest absolute Gasteiger partial charge is 0.262 e. The number of piperazine rings is 1. The van der Waals surface area contributed by atoms with E-state index in [1.807, 2.05) is 81.1 Å². The number of para-hydroxylation sites is 1. The summed E-state index contributed by atoms with van der Waals surface area (Å²) < 4.78 is 12.0. The van der Waals surface area contributed by atoms with Gasteiger partial charge in [0.15, 0.2) is 11.5 Å². The summed E-state index contributed by atoms with van der Waals surface area (Å²) in [6.07, 6.45) is 2.37. The molecule has 0 bridgehead atoms. The second kappa shape index (κ2) is 17.6. The maximum absolute atomic E-state index is 13.8. The van der Waals surface area contributed by atoms with Crippen LogP contribution >= 0.6 is 11.6 Å². The summed E-state index contributed by atoms with van der Waals surface area (Å²) in [4.78, 5) is 42.1. The molecule has 1 aromatic heterocycles.